The SMILES string of the molecule is Nc1cnc(Cl)cc1C(=O)Nc1nc(Cl)c2[nH]cnc2n1. The molecule has 8 nitrogen and oxygen atoms in total. The number of hydrogen-bond donors (Lipinski definition) is 3. The Morgan fingerprint density at radius 3 is 2.90 bits per heavy atom. The van der Waals surface area contributed by atoms with E-state index in [1.165, 1.54) is 18.6 Å². The monoisotopic (exact) mass is 323 g/mol. The minimum absolute atomic E-state index is 0.0111. The molecule has 3 aromatic rings. The molecule has 0 spiro atoms. The summed E-state index contributed by atoms with van der Waals surface area (Å²) < 4.78 is 0. The molecule has 0 aliphatic carbocycles. The van der Waals surface area contributed by atoms with Crippen molar-refractivity contribution in [2.45, 2.75) is 0 Å². The largest absolute Gasteiger partial charge is 0.397 e. The number of nitrogens with zero attached hydrogens (tertiary/aromatic N) is 4. The smallest absolute Gasteiger partial charge is 0.260 e. The zero-order valence-electron chi connectivity index (χ0n) is 10.3. The molecule has 106 valence electrons. The van der Waals surface area contributed by atoms with Crippen LogP contribution < -0.4 is 11.1 Å². The molecule has 0 saturated heterocycles. The van der Waals surface area contributed by atoms with Gasteiger partial charge in [0, 0.05) is 0 Å². The summed E-state index contributed by atoms with van der Waals surface area (Å²) >= 11 is 11.7. The summed E-state index contributed by atoms with van der Waals surface area (Å²) in [5, 5.41) is 2.78. The maximum Gasteiger partial charge on any atom is 0.260 e. The number of imidazole rings is 1. The van der Waals surface area contributed by atoms with Crippen LogP contribution in [0.15, 0.2) is 18.6 Å². The van der Waals surface area contributed by atoms with E-state index < -0.39 is 5.91 Å². The van der Waals surface area contributed by atoms with Crippen LogP contribution in [-0.2, 0) is 0 Å². The molecule has 0 saturated carbocycles. The Morgan fingerprint density at radius 2 is 2.10 bits per heavy atom. The molecule has 0 bridgehead atoms. The van der Waals surface area contributed by atoms with Gasteiger partial charge in [-0.25, -0.2) is 9.97 Å². The maximum atomic E-state index is 12.1. The Bertz CT molecular complexity index is 848. The number of nitrogen functional groups attached to an aromatic ring is 1. The number of pyridine rings is 1. The highest BCUT2D eigenvalue weighted by atomic mass is 35.5. The van der Waals surface area contributed by atoms with Gasteiger partial charge in [-0.3, -0.25) is 10.1 Å². The van der Waals surface area contributed by atoms with Gasteiger partial charge in [0.2, 0.25) is 5.95 Å². The summed E-state index contributed by atoms with van der Waals surface area (Å²) in [5.74, 6) is -0.514. The van der Waals surface area contributed by atoms with E-state index in [-0.39, 0.29) is 27.5 Å². The van der Waals surface area contributed by atoms with Gasteiger partial charge in [0.1, 0.15) is 10.7 Å². The fraction of sp³-hybridized carbons (Fsp3) is 0. The molecular weight excluding hydrogens is 317 g/mol. The fourth-order valence-electron chi connectivity index (χ4n) is 1.66. The topological polar surface area (TPSA) is 122 Å². The molecule has 0 aromatic carbocycles. The zero-order valence-corrected chi connectivity index (χ0v) is 11.8. The molecule has 0 fully saturated rings. The molecule has 0 unspecified atom stereocenters. The van der Waals surface area contributed by atoms with Crippen LogP contribution in [0.1, 0.15) is 10.4 Å². The van der Waals surface area contributed by atoms with E-state index in [2.05, 4.69) is 30.2 Å². The second kappa shape index (κ2) is 5.15. The van der Waals surface area contributed by atoms with Crippen molar-refractivity contribution < 1.29 is 4.79 Å². The van der Waals surface area contributed by atoms with E-state index >= 15 is 0 Å². The van der Waals surface area contributed by atoms with Gasteiger partial charge in [-0.1, -0.05) is 23.2 Å². The first-order valence-corrected chi connectivity index (χ1v) is 6.39. The van der Waals surface area contributed by atoms with Crippen LogP contribution in [0.25, 0.3) is 11.2 Å². The van der Waals surface area contributed by atoms with Crippen molar-refractivity contribution in [1.29, 1.82) is 0 Å². The first-order valence-electron chi connectivity index (χ1n) is 5.63. The lowest BCUT2D eigenvalue weighted by Crippen LogP contribution is -2.16. The van der Waals surface area contributed by atoms with Crippen LogP contribution in [0.4, 0.5) is 11.6 Å². The lowest BCUT2D eigenvalue weighted by molar-refractivity contribution is 0.102. The number of amides is 1. The predicted molar refractivity (Wildman–Crippen MR) is 78.3 cm³/mol. The summed E-state index contributed by atoms with van der Waals surface area (Å²) in [6.45, 7) is 0. The first kappa shape index (κ1) is 13.5. The number of hydrogen-bond acceptors (Lipinski definition) is 6. The number of anilines is 2. The van der Waals surface area contributed by atoms with Crippen molar-refractivity contribution in [2.24, 2.45) is 0 Å². The summed E-state index contributed by atoms with van der Waals surface area (Å²) in [4.78, 5) is 30.7. The molecule has 0 atom stereocenters. The van der Waals surface area contributed by atoms with Crippen molar-refractivity contribution in [3.8, 4) is 0 Å². The number of nitrogens with two attached hydrogens (primary N) is 1. The molecule has 10 heteroatoms. The Hall–Kier alpha value is -2.45. The molecule has 4 N–H and O–H groups in total. The minimum Gasteiger partial charge on any atom is -0.397 e. The average molecular weight is 324 g/mol. The maximum absolute atomic E-state index is 12.1. The highest BCUT2D eigenvalue weighted by Gasteiger charge is 2.15. The van der Waals surface area contributed by atoms with Crippen LogP contribution in [0.2, 0.25) is 10.3 Å². The number of nitrogens with one attached hydrogen (secondary N) is 2. The first-order chi connectivity index (χ1) is 10.0. The van der Waals surface area contributed by atoms with Gasteiger partial charge in [-0.2, -0.15) is 9.97 Å². The van der Waals surface area contributed by atoms with Crippen LogP contribution in [0.3, 0.4) is 0 Å². The van der Waals surface area contributed by atoms with Crippen LogP contribution in [0, 0.1) is 0 Å². The highest BCUT2D eigenvalue weighted by molar-refractivity contribution is 6.33. The van der Waals surface area contributed by atoms with Crippen LogP contribution in [0.5, 0.6) is 0 Å². The lowest BCUT2D eigenvalue weighted by atomic mass is 10.2. The Morgan fingerprint density at radius 1 is 1.29 bits per heavy atom. The van der Waals surface area contributed by atoms with Crippen LogP contribution in [-0.4, -0.2) is 30.8 Å². The predicted octanol–water partition coefficient (Wildman–Crippen LogP) is 1.89. The summed E-state index contributed by atoms with van der Waals surface area (Å²) in [7, 11) is 0. The van der Waals surface area contributed by atoms with Crippen molar-refractivity contribution in [3.63, 3.8) is 0 Å². The molecule has 1 amide bonds. The van der Waals surface area contributed by atoms with E-state index in [4.69, 9.17) is 28.9 Å². The van der Waals surface area contributed by atoms with Gasteiger partial charge in [0.15, 0.2) is 10.8 Å². The molecule has 3 aromatic heterocycles. The van der Waals surface area contributed by atoms with Gasteiger partial charge in [0.05, 0.1) is 23.8 Å². The summed E-state index contributed by atoms with van der Waals surface area (Å²) in [6, 6.07) is 1.35. The van der Waals surface area contributed by atoms with Gasteiger partial charge < -0.3 is 10.7 Å². The van der Waals surface area contributed by atoms with Crippen molar-refractivity contribution in [3.05, 3.63) is 34.5 Å². The molecule has 3 heterocycles. The van der Waals surface area contributed by atoms with Gasteiger partial charge in [-0.15, -0.1) is 0 Å². The second-order valence-corrected chi connectivity index (χ2v) is 4.73. The Balaban J connectivity index is 1.94. The molecule has 0 aliphatic heterocycles. The normalized spacial score (nSPS) is 10.8. The third-order valence-corrected chi connectivity index (χ3v) is 3.09. The molecular formula is C11H7Cl2N7O. The highest BCUT2D eigenvalue weighted by Crippen LogP contribution is 2.20. The third-order valence-electron chi connectivity index (χ3n) is 2.61. The van der Waals surface area contributed by atoms with Crippen LogP contribution >= 0.6 is 23.2 Å². The molecule has 0 aliphatic rings. The minimum atomic E-state index is -0.525. The van der Waals surface area contributed by atoms with Gasteiger partial charge in [0.25, 0.3) is 5.91 Å². The summed E-state index contributed by atoms with van der Waals surface area (Å²) in [6.07, 6.45) is 2.72. The zero-order chi connectivity index (χ0) is 15.0. The number of carbonyl (C=O) groups is 1. The van der Waals surface area contributed by atoms with Crippen molar-refractivity contribution in [1.82, 2.24) is 24.9 Å². The number of rotatable bonds is 2. The average Bonchev–Trinajstić information content (AvgIpc) is 2.90. The standard InChI is InChI=1S/C11H7Cl2N7O/c12-6-1-4(5(14)2-15-6)10(21)20-11-18-8(13)7-9(19-11)17-3-16-7/h1-3H,14H2,(H2,16,17,18,19,20,21). The van der Waals surface area contributed by atoms with E-state index in [1.54, 1.807) is 0 Å². The van der Waals surface area contributed by atoms with Crippen molar-refractivity contribution in [2.75, 3.05) is 11.1 Å². The molecule has 0 radical (unpaired) electrons. The number of H-pyrrole nitrogens is 1. The van der Waals surface area contributed by atoms with Gasteiger partial charge >= 0.3 is 0 Å². The van der Waals surface area contributed by atoms with E-state index in [1.807, 2.05) is 0 Å². The van der Waals surface area contributed by atoms with E-state index in [0.29, 0.717) is 11.2 Å². The molecule has 21 heavy (non-hydrogen) atoms. The number of aromatic nitrogens is 5. The Labute approximate surface area is 127 Å². The second-order valence-electron chi connectivity index (χ2n) is 3.99. The van der Waals surface area contributed by atoms with Gasteiger partial charge in [-0.05, 0) is 6.07 Å². The van der Waals surface area contributed by atoms with Crippen molar-refractivity contribution >= 4 is 51.9 Å². The van der Waals surface area contributed by atoms with E-state index in [0.717, 1.165) is 0 Å². The number of fused-ring (bicyclic) bond motifs is 1. The number of aromatic amines is 1. The Kier molecular flexibility index (Phi) is 3.32. The lowest BCUT2D eigenvalue weighted by Gasteiger charge is -2.06. The quantitative estimate of drug-likeness (QED) is 0.489. The molecule has 3 rings (SSSR count). The van der Waals surface area contributed by atoms with E-state index in [9.17, 15) is 4.79 Å². The number of halogens is 2. The third kappa shape index (κ3) is 2.58. The summed E-state index contributed by atoms with van der Waals surface area (Å²) in [5.41, 5.74) is 6.86. The fourth-order valence-corrected chi connectivity index (χ4v) is 2.04. The number of carbonyl (C=O) groups excluding carboxylic acids is 1.